The monoisotopic (exact) mass is 504 g/mol. The molecule has 34 heavy (non-hydrogen) atoms. The molecular weight excluding hydrogens is 480 g/mol. The van der Waals surface area contributed by atoms with Gasteiger partial charge < -0.3 is 19.5 Å². The first-order chi connectivity index (χ1) is 16.3. The molecule has 1 amide bonds. The zero-order valence-electron chi connectivity index (χ0n) is 18.9. The van der Waals surface area contributed by atoms with Crippen LogP contribution in [-0.2, 0) is 21.4 Å². The van der Waals surface area contributed by atoms with Gasteiger partial charge in [-0.1, -0.05) is 41.9 Å². The first-order valence-corrected chi connectivity index (χ1v) is 12.0. The van der Waals surface area contributed by atoms with Crippen molar-refractivity contribution in [2.45, 2.75) is 11.4 Å². The fourth-order valence-electron chi connectivity index (χ4n) is 3.27. The standard InChI is InChI=1S/C24H25ClN2O6S/c1-31-21-11-9-18(25)13-20(21)26-24(28)16-27(15-17-7-5-4-6-8-17)34(29,30)19-10-12-22(32-2)23(14-19)33-3/h4-14H,15-16H2,1-3H3,(H,26,28). The molecule has 0 saturated heterocycles. The predicted octanol–water partition coefficient (Wildman–Crippen LogP) is 4.20. The molecule has 0 unspecified atom stereocenters. The van der Waals surface area contributed by atoms with Gasteiger partial charge in [0.15, 0.2) is 11.5 Å². The number of rotatable bonds is 10. The van der Waals surface area contributed by atoms with E-state index in [1.54, 1.807) is 36.4 Å². The van der Waals surface area contributed by atoms with Gasteiger partial charge in [0.05, 0.1) is 38.5 Å². The van der Waals surface area contributed by atoms with Crippen LogP contribution in [0.15, 0.2) is 71.6 Å². The summed E-state index contributed by atoms with van der Waals surface area (Å²) < 4.78 is 44.0. The highest BCUT2D eigenvalue weighted by molar-refractivity contribution is 7.89. The first-order valence-electron chi connectivity index (χ1n) is 10.2. The van der Waals surface area contributed by atoms with Crippen molar-refractivity contribution in [3.8, 4) is 17.2 Å². The van der Waals surface area contributed by atoms with Crippen LogP contribution in [0.1, 0.15) is 5.56 Å². The summed E-state index contributed by atoms with van der Waals surface area (Å²) >= 11 is 6.04. The third-order valence-electron chi connectivity index (χ3n) is 4.95. The van der Waals surface area contributed by atoms with Crippen LogP contribution in [0.2, 0.25) is 5.02 Å². The first kappa shape index (κ1) is 25.4. The number of hydrogen-bond donors (Lipinski definition) is 1. The molecule has 8 nitrogen and oxygen atoms in total. The number of amides is 1. The molecule has 10 heteroatoms. The number of carbonyl (C=O) groups excluding carboxylic acids is 1. The number of nitrogens with zero attached hydrogens (tertiary/aromatic N) is 1. The number of anilines is 1. The molecule has 3 aromatic carbocycles. The van der Waals surface area contributed by atoms with Crippen molar-refractivity contribution in [1.82, 2.24) is 4.31 Å². The van der Waals surface area contributed by atoms with E-state index in [1.807, 2.05) is 6.07 Å². The van der Waals surface area contributed by atoms with Crippen LogP contribution >= 0.6 is 11.6 Å². The topological polar surface area (TPSA) is 94.2 Å². The van der Waals surface area contributed by atoms with Crippen molar-refractivity contribution in [1.29, 1.82) is 0 Å². The number of carbonyl (C=O) groups is 1. The second-order valence-electron chi connectivity index (χ2n) is 7.17. The van der Waals surface area contributed by atoms with Crippen LogP contribution in [0.4, 0.5) is 5.69 Å². The minimum Gasteiger partial charge on any atom is -0.495 e. The van der Waals surface area contributed by atoms with Gasteiger partial charge in [-0.2, -0.15) is 4.31 Å². The fourth-order valence-corrected chi connectivity index (χ4v) is 4.84. The van der Waals surface area contributed by atoms with Gasteiger partial charge in [0, 0.05) is 17.6 Å². The van der Waals surface area contributed by atoms with E-state index in [-0.39, 0.29) is 17.2 Å². The van der Waals surface area contributed by atoms with Gasteiger partial charge in [-0.15, -0.1) is 0 Å². The van der Waals surface area contributed by atoms with Gasteiger partial charge in [-0.25, -0.2) is 8.42 Å². The Kier molecular flexibility index (Phi) is 8.38. The second kappa shape index (κ2) is 11.2. The maximum atomic E-state index is 13.6. The summed E-state index contributed by atoms with van der Waals surface area (Å²) in [4.78, 5) is 12.9. The van der Waals surface area contributed by atoms with Crippen molar-refractivity contribution in [2.75, 3.05) is 33.2 Å². The van der Waals surface area contributed by atoms with E-state index in [9.17, 15) is 13.2 Å². The molecule has 0 spiro atoms. The molecule has 1 N–H and O–H groups in total. The summed E-state index contributed by atoms with van der Waals surface area (Å²) in [7, 11) is 0.251. The van der Waals surface area contributed by atoms with Crippen LogP contribution in [0.5, 0.6) is 17.2 Å². The molecule has 0 aromatic heterocycles. The number of hydrogen-bond acceptors (Lipinski definition) is 6. The molecule has 0 aliphatic carbocycles. The zero-order valence-corrected chi connectivity index (χ0v) is 20.5. The summed E-state index contributed by atoms with van der Waals surface area (Å²) in [6.07, 6.45) is 0. The predicted molar refractivity (Wildman–Crippen MR) is 130 cm³/mol. The number of halogens is 1. The van der Waals surface area contributed by atoms with Crippen LogP contribution in [0.3, 0.4) is 0 Å². The molecule has 0 atom stereocenters. The SMILES string of the molecule is COc1ccc(Cl)cc1NC(=O)CN(Cc1ccccc1)S(=O)(=O)c1ccc(OC)c(OC)c1. The van der Waals surface area contributed by atoms with Crippen LogP contribution in [-0.4, -0.2) is 46.5 Å². The van der Waals surface area contributed by atoms with Gasteiger partial charge in [-0.05, 0) is 35.9 Å². The van der Waals surface area contributed by atoms with E-state index in [1.165, 1.54) is 45.6 Å². The fraction of sp³-hybridized carbons (Fsp3) is 0.208. The second-order valence-corrected chi connectivity index (χ2v) is 9.54. The molecule has 0 fully saturated rings. The highest BCUT2D eigenvalue weighted by Crippen LogP contribution is 2.31. The molecule has 0 heterocycles. The normalized spacial score (nSPS) is 11.2. The van der Waals surface area contributed by atoms with Gasteiger partial charge in [0.25, 0.3) is 0 Å². The average molecular weight is 505 g/mol. The summed E-state index contributed by atoms with van der Waals surface area (Å²) in [6, 6.07) is 18.0. The molecular formula is C24H25ClN2O6S. The lowest BCUT2D eigenvalue weighted by Crippen LogP contribution is -2.37. The average Bonchev–Trinajstić information content (AvgIpc) is 2.84. The van der Waals surface area contributed by atoms with Gasteiger partial charge in [-0.3, -0.25) is 4.79 Å². The highest BCUT2D eigenvalue weighted by atomic mass is 35.5. The summed E-state index contributed by atoms with van der Waals surface area (Å²) in [5.41, 5.74) is 1.06. The Labute approximate surface area is 204 Å². The quantitative estimate of drug-likeness (QED) is 0.445. The Balaban J connectivity index is 1.94. The van der Waals surface area contributed by atoms with Crippen LogP contribution < -0.4 is 19.5 Å². The largest absolute Gasteiger partial charge is 0.495 e. The Morgan fingerprint density at radius 3 is 2.18 bits per heavy atom. The molecule has 0 aliphatic rings. The third-order valence-corrected chi connectivity index (χ3v) is 6.97. The van der Waals surface area contributed by atoms with E-state index in [4.69, 9.17) is 25.8 Å². The third kappa shape index (κ3) is 5.99. The van der Waals surface area contributed by atoms with Crippen LogP contribution in [0, 0.1) is 0 Å². The Morgan fingerprint density at radius 2 is 1.53 bits per heavy atom. The number of sulfonamides is 1. The zero-order chi connectivity index (χ0) is 24.7. The maximum Gasteiger partial charge on any atom is 0.243 e. The summed E-state index contributed by atoms with van der Waals surface area (Å²) in [5.74, 6) is 0.494. The van der Waals surface area contributed by atoms with E-state index in [2.05, 4.69) is 5.32 Å². The van der Waals surface area contributed by atoms with Gasteiger partial charge in [0.2, 0.25) is 15.9 Å². The van der Waals surface area contributed by atoms with E-state index in [0.717, 1.165) is 9.87 Å². The number of methoxy groups -OCH3 is 3. The maximum absolute atomic E-state index is 13.6. The lowest BCUT2D eigenvalue weighted by atomic mass is 10.2. The molecule has 0 bridgehead atoms. The Bertz CT molecular complexity index is 1250. The number of benzene rings is 3. The Morgan fingerprint density at radius 1 is 0.882 bits per heavy atom. The van der Waals surface area contributed by atoms with Crippen LogP contribution in [0.25, 0.3) is 0 Å². The van der Waals surface area contributed by atoms with E-state index in [0.29, 0.717) is 22.2 Å². The number of nitrogens with one attached hydrogen (secondary N) is 1. The minimum atomic E-state index is -4.09. The molecule has 0 saturated carbocycles. The molecule has 3 aromatic rings. The van der Waals surface area contributed by atoms with E-state index < -0.39 is 22.5 Å². The highest BCUT2D eigenvalue weighted by Gasteiger charge is 2.28. The molecule has 0 aliphatic heterocycles. The summed E-state index contributed by atoms with van der Waals surface area (Å²) in [6.45, 7) is -0.459. The van der Waals surface area contributed by atoms with Crippen molar-refractivity contribution in [3.05, 3.63) is 77.3 Å². The van der Waals surface area contributed by atoms with Gasteiger partial charge in [0.1, 0.15) is 5.75 Å². The molecule has 0 radical (unpaired) electrons. The van der Waals surface area contributed by atoms with Crippen molar-refractivity contribution < 1.29 is 27.4 Å². The lowest BCUT2D eigenvalue weighted by Gasteiger charge is -2.23. The minimum absolute atomic E-state index is 0.0163. The van der Waals surface area contributed by atoms with E-state index >= 15 is 0 Å². The lowest BCUT2D eigenvalue weighted by molar-refractivity contribution is -0.116. The molecule has 3 rings (SSSR count). The van der Waals surface area contributed by atoms with Crippen molar-refractivity contribution >= 4 is 33.2 Å². The smallest absolute Gasteiger partial charge is 0.243 e. The van der Waals surface area contributed by atoms with Gasteiger partial charge >= 0.3 is 0 Å². The summed E-state index contributed by atoms with van der Waals surface area (Å²) in [5, 5.41) is 3.08. The Hall–Kier alpha value is -3.27. The van der Waals surface area contributed by atoms with Crippen molar-refractivity contribution in [2.24, 2.45) is 0 Å². The number of ether oxygens (including phenoxy) is 3. The molecule has 180 valence electrons. The van der Waals surface area contributed by atoms with Crippen molar-refractivity contribution in [3.63, 3.8) is 0 Å².